The molecule has 2 aromatic heterocycles. The van der Waals surface area contributed by atoms with Crippen molar-refractivity contribution in [1.29, 1.82) is 0 Å². The van der Waals surface area contributed by atoms with Gasteiger partial charge in [-0.3, -0.25) is 10.2 Å². The second-order valence-corrected chi connectivity index (χ2v) is 7.84. The molecule has 0 saturated heterocycles. The second-order valence-electron chi connectivity index (χ2n) is 7.84. The number of carbonyl (C=O) groups is 1. The third kappa shape index (κ3) is 3.58. The summed E-state index contributed by atoms with van der Waals surface area (Å²) in [5.74, 6) is 0.359. The van der Waals surface area contributed by atoms with Crippen molar-refractivity contribution in [3.05, 3.63) is 75.9 Å². The first kappa shape index (κ1) is 19.8. The van der Waals surface area contributed by atoms with Crippen LogP contribution in [0.5, 0.6) is 0 Å². The highest BCUT2D eigenvalue weighted by molar-refractivity contribution is 5.96. The molecule has 3 heterocycles. The lowest BCUT2D eigenvalue weighted by Crippen LogP contribution is -2.26. The van der Waals surface area contributed by atoms with E-state index in [1.807, 2.05) is 38.2 Å². The molecule has 5 rings (SSSR count). The van der Waals surface area contributed by atoms with E-state index in [0.29, 0.717) is 22.9 Å². The third-order valence-electron chi connectivity index (χ3n) is 5.55. The van der Waals surface area contributed by atoms with Crippen molar-refractivity contribution in [1.82, 2.24) is 19.5 Å². The Bertz CT molecular complexity index is 1390. The number of aryl methyl sites for hydroxylation is 2. The average molecular weight is 430 g/mol. The summed E-state index contributed by atoms with van der Waals surface area (Å²) in [5.41, 5.74) is 7.43. The summed E-state index contributed by atoms with van der Waals surface area (Å²) < 4.78 is 6.59. The normalized spacial score (nSPS) is 13.7. The first-order valence-corrected chi connectivity index (χ1v) is 10.4. The number of amides is 1. The molecule has 1 aliphatic heterocycles. The minimum Gasteiger partial charge on any atom is -0.406 e. The van der Waals surface area contributed by atoms with Crippen LogP contribution < -0.4 is 16.5 Å². The fourth-order valence-corrected chi connectivity index (χ4v) is 3.82. The fraction of sp³-hybridized carbons (Fsp3) is 0.217. The molecule has 0 radical (unpaired) electrons. The largest absolute Gasteiger partial charge is 0.439 e. The Balaban J connectivity index is 1.43. The van der Waals surface area contributed by atoms with E-state index >= 15 is 0 Å². The van der Waals surface area contributed by atoms with Gasteiger partial charge in [-0.2, -0.15) is 9.66 Å². The zero-order chi connectivity index (χ0) is 22.2. The number of aromatic nitrogens is 3. The van der Waals surface area contributed by atoms with Gasteiger partial charge < -0.3 is 14.6 Å². The predicted molar refractivity (Wildman–Crippen MR) is 121 cm³/mol. The molecule has 0 aliphatic carbocycles. The van der Waals surface area contributed by atoms with Gasteiger partial charge in [0.2, 0.25) is 5.95 Å². The topological polar surface area (TPSA) is 105 Å². The number of hydrogen-bond acceptors (Lipinski definition) is 7. The summed E-state index contributed by atoms with van der Waals surface area (Å²) in [5, 5.41) is 3.20. The molecule has 4 aromatic rings. The third-order valence-corrected chi connectivity index (χ3v) is 5.55. The lowest BCUT2D eigenvalue weighted by Gasteiger charge is -2.15. The van der Waals surface area contributed by atoms with Crippen molar-refractivity contribution >= 4 is 34.5 Å². The highest BCUT2D eigenvalue weighted by atomic mass is 16.4. The summed E-state index contributed by atoms with van der Waals surface area (Å²) in [6.45, 7) is 2.60. The average Bonchev–Trinajstić information content (AvgIpc) is 3.02. The standard InChI is InChI=1S/C23H22N6O3/c1-14-13-24-22(25-16-9-10-17-15(12-16)6-5-11-28(2)21(17)30)26-20(14)27-29-18-7-3-4-8-19(18)32-23(29)31/h3-4,7-10,12-13H,5-6,11H2,1-2H3,(H2,24,25,26,27). The van der Waals surface area contributed by atoms with E-state index in [4.69, 9.17) is 4.42 Å². The molecular weight excluding hydrogens is 408 g/mol. The molecular formula is C23H22N6O3. The molecule has 0 bridgehead atoms. The van der Waals surface area contributed by atoms with Gasteiger partial charge >= 0.3 is 5.76 Å². The molecule has 9 nitrogen and oxygen atoms in total. The van der Waals surface area contributed by atoms with E-state index in [0.717, 1.165) is 41.8 Å². The van der Waals surface area contributed by atoms with Gasteiger partial charge in [-0.15, -0.1) is 0 Å². The minimum absolute atomic E-state index is 0.0416. The maximum atomic E-state index is 12.5. The van der Waals surface area contributed by atoms with E-state index in [1.165, 1.54) is 4.68 Å². The summed E-state index contributed by atoms with van der Waals surface area (Å²) >= 11 is 0. The quantitative estimate of drug-likeness (QED) is 0.512. The van der Waals surface area contributed by atoms with Crippen LogP contribution in [0.3, 0.4) is 0 Å². The molecule has 32 heavy (non-hydrogen) atoms. The van der Waals surface area contributed by atoms with Crippen LogP contribution in [0.4, 0.5) is 17.5 Å². The van der Waals surface area contributed by atoms with Crippen molar-refractivity contribution in [3.63, 3.8) is 0 Å². The maximum absolute atomic E-state index is 12.5. The Hall–Kier alpha value is -4.14. The summed E-state index contributed by atoms with van der Waals surface area (Å²) in [7, 11) is 1.83. The van der Waals surface area contributed by atoms with E-state index in [9.17, 15) is 9.59 Å². The Morgan fingerprint density at radius 1 is 1.12 bits per heavy atom. The zero-order valence-electron chi connectivity index (χ0n) is 17.8. The SMILES string of the molecule is Cc1cnc(Nc2ccc3c(c2)CCCN(C)C3=O)nc1Nn1c(=O)oc2ccccc21. The van der Waals surface area contributed by atoms with Gasteiger partial charge in [0, 0.05) is 36.6 Å². The van der Waals surface area contributed by atoms with E-state index in [-0.39, 0.29) is 5.91 Å². The molecule has 0 atom stereocenters. The van der Waals surface area contributed by atoms with Crippen LogP contribution in [0.15, 0.2) is 57.9 Å². The Morgan fingerprint density at radius 3 is 2.84 bits per heavy atom. The van der Waals surface area contributed by atoms with Gasteiger partial charge in [0.25, 0.3) is 5.91 Å². The molecule has 1 aliphatic rings. The number of benzene rings is 2. The molecule has 1 amide bonds. The lowest BCUT2D eigenvalue weighted by atomic mass is 10.0. The van der Waals surface area contributed by atoms with Gasteiger partial charge in [-0.05, 0) is 55.7 Å². The van der Waals surface area contributed by atoms with E-state index in [2.05, 4.69) is 20.7 Å². The summed E-state index contributed by atoms with van der Waals surface area (Å²) in [6, 6.07) is 12.8. The first-order chi connectivity index (χ1) is 15.5. The maximum Gasteiger partial charge on any atom is 0.439 e. The van der Waals surface area contributed by atoms with E-state index < -0.39 is 5.76 Å². The van der Waals surface area contributed by atoms with E-state index in [1.54, 1.807) is 29.3 Å². The molecule has 0 unspecified atom stereocenters. The molecule has 0 spiro atoms. The van der Waals surface area contributed by atoms with Gasteiger partial charge in [0.1, 0.15) is 5.52 Å². The minimum atomic E-state index is -0.529. The number of oxazole rings is 1. The van der Waals surface area contributed by atoms with Crippen LogP contribution in [0, 0.1) is 6.92 Å². The van der Waals surface area contributed by atoms with Gasteiger partial charge in [0.15, 0.2) is 11.4 Å². The molecule has 0 fully saturated rings. The zero-order valence-corrected chi connectivity index (χ0v) is 17.8. The number of nitrogens with zero attached hydrogens (tertiary/aromatic N) is 4. The Kier molecular flexibility index (Phi) is 4.85. The van der Waals surface area contributed by atoms with Crippen molar-refractivity contribution in [2.24, 2.45) is 0 Å². The monoisotopic (exact) mass is 430 g/mol. The van der Waals surface area contributed by atoms with Crippen molar-refractivity contribution in [2.45, 2.75) is 19.8 Å². The van der Waals surface area contributed by atoms with Crippen molar-refractivity contribution in [3.8, 4) is 0 Å². The highest BCUT2D eigenvalue weighted by Gasteiger charge is 2.20. The van der Waals surface area contributed by atoms with Crippen LogP contribution >= 0.6 is 0 Å². The van der Waals surface area contributed by atoms with Crippen molar-refractivity contribution < 1.29 is 9.21 Å². The molecule has 2 aromatic carbocycles. The number of anilines is 3. The number of para-hydroxylation sites is 2. The van der Waals surface area contributed by atoms with Crippen LogP contribution in [-0.4, -0.2) is 39.0 Å². The van der Waals surface area contributed by atoms with Gasteiger partial charge in [0.05, 0.1) is 0 Å². The number of nitrogens with one attached hydrogen (secondary N) is 2. The Labute approximate surface area is 183 Å². The first-order valence-electron chi connectivity index (χ1n) is 10.4. The number of carbonyl (C=O) groups excluding carboxylic acids is 1. The van der Waals surface area contributed by atoms with Crippen LogP contribution in [0.25, 0.3) is 11.1 Å². The van der Waals surface area contributed by atoms with Crippen LogP contribution in [-0.2, 0) is 6.42 Å². The van der Waals surface area contributed by atoms with Gasteiger partial charge in [-0.1, -0.05) is 12.1 Å². The summed E-state index contributed by atoms with van der Waals surface area (Å²) in [6.07, 6.45) is 3.42. The Morgan fingerprint density at radius 2 is 1.97 bits per heavy atom. The molecule has 2 N–H and O–H groups in total. The predicted octanol–water partition coefficient (Wildman–Crippen LogP) is 3.33. The number of hydrogen-bond donors (Lipinski definition) is 2. The van der Waals surface area contributed by atoms with Crippen LogP contribution in [0.2, 0.25) is 0 Å². The number of fused-ring (bicyclic) bond motifs is 2. The second kappa shape index (κ2) is 7.84. The van der Waals surface area contributed by atoms with Gasteiger partial charge in [-0.25, -0.2) is 9.78 Å². The van der Waals surface area contributed by atoms with Crippen molar-refractivity contribution in [2.75, 3.05) is 24.3 Å². The lowest BCUT2D eigenvalue weighted by molar-refractivity contribution is 0.0800. The molecule has 9 heteroatoms. The smallest absolute Gasteiger partial charge is 0.406 e. The van der Waals surface area contributed by atoms with Crippen LogP contribution in [0.1, 0.15) is 27.9 Å². The number of rotatable bonds is 4. The molecule has 162 valence electrons. The summed E-state index contributed by atoms with van der Waals surface area (Å²) in [4.78, 5) is 35.4. The highest BCUT2D eigenvalue weighted by Crippen LogP contribution is 2.24. The fourth-order valence-electron chi connectivity index (χ4n) is 3.82. The molecule has 0 saturated carbocycles.